The van der Waals surface area contributed by atoms with E-state index in [1.54, 1.807) is 11.3 Å². The lowest BCUT2D eigenvalue weighted by Gasteiger charge is -2.16. The molecule has 84 valence electrons. The smallest absolute Gasteiger partial charge is 0.237 e. The van der Waals surface area contributed by atoms with Gasteiger partial charge in [-0.2, -0.15) is 11.3 Å². The van der Waals surface area contributed by atoms with Gasteiger partial charge in [-0.3, -0.25) is 4.79 Å². The van der Waals surface area contributed by atoms with Crippen molar-refractivity contribution >= 4 is 17.2 Å². The van der Waals surface area contributed by atoms with Gasteiger partial charge in [0.2, 0.25) is 5.91 Å². The Morgan fingerprint density at radius 2 is 2.40 bits per heavy atom. The van der Waals surface area contributed by atoms with Crippen LogP contribution < -0.4 is 11.1 Å². The molecular formula is C11H18N2OS. The highest BCUT2D eigenvalue weighted by molar-refractivity contribution is 7.07. The lowest BCUT2D eigenvalue weighted by molar-refractivity contribution is -0.123. The number of nitrogens with one attached hydrogen (secondary N) is 1. The molecule has 1 heterocycles. The van der Waals surface area contributed by atoms with E-state index in [-0.39, 0.29) is 18.0 Å². The molecule has 3 N–H and O–H groups in total. The molecule has 2 unspecified atom stereocenters. The fourth-order valence-corrected chi connectivity index (χ4v) is 2.03. The SMILES string of the molecule is CCC(N)C(=O)NC(C)Cc1ccsc1. The monoisotopic (exact) mass is 226 g/mol. The van der Waals surface area contributed by atoms with Crippen molar-refractivity contribution in [1.29, 1.82) is 0 Å². The molecule has 1 amide bonds. The number of carbonyl (C=O) groups excluding carboxylic acids is 1. The van der Waals surface area contributed by atoms with Crippen molar-refractivity contribution in [2.45, 2.75) is 38.8 Å². The fraction of sp³-hybridized carbons (Fsp3) is 0.545. The molecule has 4 heteroatoms. The molecule has 0 saturated heterocycles. The second-order valence-electron chi connectivity index (χ2n) is 3.76. The number of rotatable bonds is 5. The van der Waals surface area contributed by atoms with E-state index < -0.39 is 0 Å². The molecule has 1 rings (SSSR count). The van der Waals surface area contributed by atoms with Crippen LogP contribution >= 0.6 is 11.3 Å². The van der Waals surface area contributed by atoms with Crippen LogP contribution in [0.3, 0.4) is 0 Å². The third kappa shape index (κ3) is 4.01. The van der Waals surface area contributed by atoms with Crippen LogP contribution in [0.2, 0.25) is 0 Å². The summed E-state index contributed by atoms with van der Waals surface area (Å²) in [6, 6.07) is 1.84. The van der Waals surface area contributed by atoms with E-state index in [9.17, 15) is 4.79 Å². The molecule has 0 spiro atoms. The van der Waals surface area contributed by atoms with E-state index in [0.29, 0.717) is 6.42 Å². The number of amides is 1. The highest BCUT2D eigenvalue weighted by Crippen LogP contribution is 2.08. The zero-order chi connectivity index (χ0) is 11.3. The van der Waals surface area contributed by atoms with Gasteiger partial charge in [0.15, 0.2) is 0 Å². The predicted molar refractivity (Wildman–Crippen MR) is 63.9 cm³/mol. The predicted octanol–water partition coefficient (Wildman–Crippen LogP) is 1.53. The van der Waals surface area contributed by atoms with Crippen molar-refractivity contribution in [2.24, 2.45) is 5.73 Å². The minimum Gasteiger partial charge on any atom is -0.352 e. The maximum Gasteiger partial charge on any atom is 0.237 e. The van der Waals surface area contributed by atoms with Crippen LogP contribution in [-0.2, 0) is 11.2 Å². The number of nitrogens with two attached hydrogens (primary N) is 1. The average Bonchev–Trinajstić information content (AvgIpc) is 2.68. The average molecular weight is 226 g/mol. The molecule has 0 aliphatic rings. The largest absolute Gasteiger partial charge is 0.352 e. The zero-order valence-corrected chi connectivity index (χ0v) is 10.0. The summed E-state index contributed by atoms with van der Waals surface area (Å²) in [5.41, 5.74) is 6.89. The highest BCUT2D eigenvalue weighted by atomic mass is 32.1. The quantitative estimate of drug-likeness (QED) is 0.800. The molecule has 0 aliphatic carbocycles. The van der Waals surface area contributed by atoms with Gasteiger partial charge >= 0.3 is 0 Å². The second-order valence-corrected chi connectivity index (χ2v) is 4.54. The fourth-order valence-electron chi connectivity index (χ4n) is 1.35. The first-order chi connectivity index (χ1) is 7.13. The minimum absolute atomic E-state index is 0.0553. The van der Waals surface area contributed by atoms with Crippen LogP contribution in [0.15, 0.2) is 16.8 Å². The summed E-state index contributed by atoms with van der Waals surface area (Å²) in [6.45, 7) is 3.91. The summed E-state index contributed by atoms with van der Waals surface area (Å²) in [7, 11) is 0. The van der Waals surface area contributed by atoms with Crippen molar-refractivity contribution in [2.75, 3.05) is 0 Å². The Bertz CT molecular complexity index is 298. The van der Waals surface area contributed by atoms with Crippen LogP contribution in [0.5, 0.6) is 0 Å². The number of thiophene rings is 1. The van der Waals surface area contributed by atoms with Crippen LogP contribution in [0.25, 0.3) is 0 Å². The summed E-state index contributed by atoms with van der Waals surface area (Å²) in [6.07, 6.45) is 1.54. The Kier molecular flexibility index (Phi) is 4.78. The van der Waals surface area contributed by atoms with Gasteiger partial charge < -0.3 is 11.1 Å². The Labute approximate surface area is 94.7 Å². The topological polar surface area (TPSA) is 55.1 Å². The molecule has 1 aromatic rings. The molecule has 1 aromatic heterocycles. The second kappa shape index (κ2) is 5.88. The van der Waals surface area contributed by atoms with Gasteiger partial charge in [0.1, 0.15) is 0 Å². The van der Waals surface area contributed by atoms with Crippen molar-refractivity contribution < 1.29 is 4.79 Å². The van der Waals surface area contributed by atoms with Crippen LogP contribution in [0, 0.1) is 0 Å². The maximum absolute atomic E-state index is 11.5. The van der Waals surface area contributed by atoms with Crippen molar-refractivity contribution in [1.82, 2.24) is 5.32 Å². The van der Waals surface area contributed by atoms with E-state index >= 15 is 0 Å². The standard InChI is InChI=1S/C11H18N2OS/c1-3-10(12)11(14)13-8(2)6-9-4-5-15-7-9/h4-5,7-8,10H,3,6,12H2,1-2H3,(H,13,14). The van der Waals surface area contributed by atoms with E-state index in [1.165, 1.54) is 5.56 Å². The number of hydrogen-bond donors (Lipinski definition) is 2. The number of carbonyl (C=O) groups is 1. The Balaban J connectivity index is 2.36. The van der Waals surface area contributed by atoms with Gasteiger partial charge in [0, 0.05) is 6.04 Å². The normalized spacial score (nSPS) is 14.6. The van der Waals surface area contributed by atoms with Gasteiger partial charge in [-0.25, -0.2) is 0 Å². The van der Waals surface area contributed by atoms with Crippen LogP contribution in [-0.4, -0.2) is 18.0 Å². The molecule has 0 aromatic carbocycles. The lowest BCUT2D eigenvalue weighted by Crippen LogP contribution is -2.44. The first-order valence-electron chi connectivity index (χ1n) is 5.20. The molecule has 3 nitrogen and oxygen atoms in total. The molecule has 0 radical (unpaired) electrons. The molecular weight excluding hydrogens is 208 g/mol. The van der Waals surface area contributed by atoms with E-state index in [2.05, 4.69) is 16.8 Å². The summed E-state index contributed by atoms with van der Waals surface area (Å²) >= 11 is 1.67. The molecule has 2 atom stereocenters. The molecule has 0 aliphatic heterocycles. The van der Waals surface area contributed by atoms with Gasteiger partial charge in [-0.1, -0.05) is 6.92 Å². The first-order valence-corrected chi connectivity index (χ1v) is 6.14. The van der Waals surface area contributed by atoms with E-state index in [4.69, 9.17) is 5.73 Å². The third-order valence-corrected chi connectivity index (χ3v) is 3.02. The Morgan fingerprint density at radius 1 is 1.67 bits per heavy atom. The first kappa shape index (κ1) is 12.2. The van der Waals surface area contributed by atoms with Crippen molar-refractivity contribution in [3.8, 4) is 0 Å². The molecule has 0 fully saturated rings. The van der Waals surface area contributed by atoms with E-state index in [1.807, 2.05) is 19.2 Å². The van der Waals surface area contributed by atoms with Crippen LogP contribution in [0.1, 0.15) is 25.8 Å². The lowest BCUT2D eigenvalue weighted by atomic mass is 10.1. The van der Waals surface area contributed by atoms with Gasteiger partial charge in [-0.15, -0.1) is 0 Å². The van der Waals surface area contributed by atoms with Crippen molar-refractivity contribution in [3.63, 3.8) is 0 Å². The summed E-state index contributed by atoms with van der Waals surface area (Å²) < 4.78 is 0. The van der Waals surface area contributed by atoms with Crippen molar-refractivity contribution in [3.05, 3.63) is 22.4 Å². The maximum atomic E-state index is 11.5. The molecule has 0 bridgehead atoms. The zero-order valence-electron chi connectivity index (χ0n) is 9.19. The Morgan fingerprint density at radius 3 is 2.93 bits per heavy atom. The van der Waals surface area contributed by atoms with Gasteiger partial charge in [0.05, 0.1) is 6.04 Å². The van der Waals surface area contributed by atoms with Gasteiger partial charge in [-0.05, 0) is 42.2 Å². The molecule has 0 saturated carbocycles. The minimum atomic E-state index is -0.380. The van der Waals surface area contributed by atoms with E-state index in [0.717, 1.165) is 6.42 Å². The van der Waals surface area contributed by atoms with Gasteiger partial charge in [0.25, 0.3) is 0 Å². The summed E-state index contributed by atoms with van der Waals surface area (Å²) in [5.74, 6) is -0.0553. The summed E-state index contributed by atoms with van der Waals surface area (Å²) in [5, 5.41) is 7.05. The number of hydrogen-bond acceptors (Lipinski definition) is 3. The third-order valence-electron chi connectivity index (χ3n) is 2.29. The van der Waals surface area contributed by atoms with Crippen LogP contribution in [0.4, 0.5) is 0 Å². The highest BCUT2D eigenvalue weighted by Gasteiger charge is 2.13. The summed E-state index contributed by atoms with van der Waals surface area (Å²) in [4.78, 5) is 11.5. The Hall–Kier alpha value is -0.870. The molecule has 15 heavy (non-hydrogen) atoms.